The fraction of sp³-hybridized carbons (Fsp3) is 0.533. The molecule has 0 fully saturated rings. The van der Waals surface area contributed by atoms with E-state index in [2.05, 4.69) is 19.2 Å². The molecule has 1 unspecified atom stereocenters. The van der Waals surface area contributed by atoms with Gasteiger partial charge < -0.3 is 11.1 Å². The third kappa shape index (κ3) is 4.31. The quantitative estimate of drug-likeness (QED) is 0.831. The highest BCUT2D eigenvalue weighted by atomic mass is 19.1. The zero-order chi connectivity index (χ0) is 14.4. The third-order valence-corrected chi connectivity index (χ3v) is 3.59. The summed E-state index contributed by atoms with van der Waals surface area (Å²) >= 11 is 0. The van der Waals surface area contributed by atoms with Crippen molar-refractivity contribution in [2.45, 2.75) is 39.7 Å². The molecular weight excluding hydrogens is 243 g/mol. The van der Waals surface area contributed by atoms with Gasteiger partial charge >= 0.3 is 0 Å². The van der Waals surface area contributed by atoms with E-state index < -0.39 is 0 Å². The second kappa shape index (κ2) is 7.24. The first-order valence-corrected chi connectivity index (χ1v) is 6.79. The number of rotatable bonds is 6. The van der Waals surface area contributed by atoms with E-state index in [0.29, 0.717) is 23.6 Å². The Balaban J connectivity index is 2.60. The molecule has 1 atom stereocenters. The van der Waals surface area contributed by atoms with Crippen LogP contribution in [0.5, 0.6) is 0 Å². The zero-order valence-corrected chi connectivity index (χ0v) is 11.9. The SMILES string of the molecule is CCC(CC)C(N)CNC(=O)c1ccc(F)cc1C. The lowest BCUT2D eigenvalue weighted by Gasteiger charge is -2.21. The van der Waals surface area contributed by atoms with E-state index in [4.69, 9.17) is 5.73 Å². The number of carbonyl (C=O) groups is 1. The Morgan fingerprint density at radius 2 is 2.00 bits per heavy atom. The highest BCUT2D eigenvalue weighted by Gasteiger charge is 2.16. The van der Waals surface area contributed by atoms with Gasteiger partial charge in [0, 0.05) is 18.2 Å². The number of amides is 1. The summed E-state index contributed by atoms with van der Waals surface area (Å²) in [5.74, 6) is -0.115. The first-order chi connectivity index (χ1) is 8.99. The molecular formula is C15H23FN2O. The van der Waals surface area contributed by atoms with Gasteiger partial charge in [0.2, 0.25) is 0 Å². The van der Waals surface area contributed by atoms with Crippen molar-refractivity contribution in [3.63, 3.8) is 0 Å². The maximum atomic E-state index is 13.0. The Morgan fingerprint density at radius 1 is 1.37 bits per heavy atom. The minimum absolute atomic E-state index is 0.0419. The van der Waals surface area contributed by atoms with Crippen molar-refractivity contribution in [1.29, 1.82) is 0 Å². The van der Waals surface area contributed by atoms with Crippen LogP contribution < -0.4 is 11.1 Å². The summed E-state index contributed by atoms with van der Waals surface area (Å²) in [7, 11) is 0. The van der Waals surface area contributed by atoms with E-state index >= 15 is 0 Å². The van der Waals surface area contributed by atoms with Gasteiger partial charge in [-0.05, 0) is 36.6 Å². The Kier molecular flexibility index (Phi) is 5.96. The predicted octanol–water partition coefficient (Wildman–Crippen LogP) is 2.63. The molecule has 0 saturated heterocycles. The van der Waals surface area contributed by atoms with E-state index in [-0.39, 0.29) is 17.8 Å². The highest BCUT2D eigenvalue weighted by Crippen LogP contribution is 2.12. The predicted molar refractivity (Wildman–Crippen MR) is 75.5 cm³/mol. The van der Waals surface area contributed by atoms with Crippen molar-refractivity contribution in [2.24, 2.45) is 11.7 Å². The lowest BCUT2D eigenvalue weighted by Crippen LogP contribution is -2.42. The topological polar surface area (TPSA) is 55.1 Å². The van der Waals surface area contributed by atoms with Gasteiger partial charge in [0.25, 0.3) is 5.91 Å². The normalized spacial score (nSPS) is 12.5. The molecule has 0 radical (unpaired) electrons. The average Bonchev–Trinajstić information content (AvgIpc) is 2.37. The molecule has 0 aliphatic rings. The average molecular weight is 266 g/mol. The lowest BCUT2D eigenvalue weighted by molar-refractivity contribution is 0.0947. The molecule has 3 nitrogen and oxygen atoms in total. The molecule has 1 amide bonds. The molecule has 106 valence electrons. The minimum Gasteiger partial charge on any atom is -0.350 e. The molecule has 0 bridgehead atoms. The van der Waals surface area contributed by atoms with E-state index in [1.807, 2.05) is 0 Å². The van der Waals surface area contributed by atoms with Gasteiger partial charge in [0.05, 0.1) is 0 Å². The van der Waals surface area contributed by atoms with Crippen molar-refractivity contribution in [3.05, 3.63) is 35.1 Å². The summed E-state index contributed by atoms with van der Waals surface area (Å²) in [6, 6.07) is 4.11. The van der Waals surface area contributed by atoms with Gasteiger partial charge in [-0.25, -0.2) is 4.39 Å². The Bertz CT molecular complexity index is 430. The van der Waals surface area contributed by atoms with Crippen LogP contribution >= 0.6 is 0 Å². The van der Waals surface area contributed by atoms with Crippen molar-refractivity contribution < 1.29 is 9.18 Å². The maximum absolute atomic E-state index is 13.0. The molecule has 4 heteroatoms. The largest absolute Gasteiger partial charge is 0.350 e. The van der Waals surface area contributed by atoms with Gasteiger partial charge in [-0.2, -0.15) is 0 Å². The van der Waals surface area contributed by atoms with Crippen LogP contribution in [0.2, 0.25) is 0 Å². The van der Waals surface area contributed by atoms with Crippen molar-refractivity contribution in [3.8, 4) is 0 Å². The summed E-state index contributed by atoms with van der Waals surface area (Å²) in [5.41, 5.74) is 7.18. The molecule has 1 aromatic carbocycles. The van der Waals surface area contributed by atoms with Crippen LogP contribution in [0.15, 0.2) is 18.2 Å². The number of aryl methyl sites for hydroxylation is 1. The molecule has 0 spiro atoms. The molecule has 0 aliphatic carbocycles. The van der Waals surface area contributed by atoms with Gasteiger partial charge in [-0.3, -0.25) is 4.79 Å². The van der Waals surface area contributed by atoms with Crippen molar-refractivity contribution in [2.75, 3.05) is 6.54 Å². The summed E-state index contributed by atoms with van der Waals surface area (Å²) < 4.78 is 13.0. The number of carbonyl (C=O) groups excluding carboxylic acids is 1. The molecule has 1 rings (SSSR count). The molecule has 19 heavy (non-hydrogen) atoms. The number of nitrogens with one attached hydrogen (secondary N) is 1. The van der Waals surface area contributed by atoms with E-state index in [1.165, 1.54) is 18.2 Å². The van der Waals surface area contributed by atoms with Gasteiger partial charge in [0.15, 0.2) is 0 Å². The first-order valence-electron chi connectivity index (χ1n) is 6.79. The first kappa shape index (κ1) is 15.6. The summed E-state index contributed by atoms with van der Waals surface area (Å²) in [6.07, 6.45) is 2.01. The Morgan fingerprint density at radius 3 is 2.53 bits per heavy atom. The van der Waals surface area contributed by atoms with E-state index in [1.54, 1.807) is 6.92 Å². The molecule has 0 aromatic heterocycles. The summed E-state index contributed by atoms with van der Waals surface area (Å²) in [4.78, 5) is 12.0. The molecule has 0 aliphatic heterocycles. The van der Waals surface area contributed by atoms with Crippen LogP contribution in [0.3, 0.4) is 0 Å². The Labute approximate surface area is 114 Å². The minimum atomic E-state index is -0.331. The van der Waals surface area contributed by atoms with E-state index in [9.17, 15) is 9.18 Å². The molecule has 1 aromatic rings. The van der Waals surface area contributed by atoms with Crippen molar-refractivity contribution in [1.82, 2.24) is 5.32 Å². The lowest BCUT2D eigenvalue weighted by atomic mass is 9.95. The number of hydrogen-bond donors (Lipinski definition) is 2. The smallest absolute Gasteiger partial charge is 0.251 e. The van der Waals surface area contributed by atoms with Crippen LogP contribution in [-0.4, -0.2) is 18.5 Å². The fourth-order valence-electron chi connectivity index (χ4n) is 2.25. The fourth-order valence-corrected chi connectivity index (χ4v) is 2.25. The molecule has 0 heterocycles. The van der Waals surface area contributed by atoms with Gasteiger partial charge in [-0.15, -0.1) is 0 Å². The summed E-state index contributed by atoms with van der Waals surface area (Å²) in [5, 5.41) is 2.82. The van der Waals surface area contributed by atoms with Crippen LogP contribution in [0.25, 0.3) is 0 Å². The Hall–Kier alpha value is -1.42. The second-order valence-electron chi connectivity index (χ2n) is 4.91. The monoisotopic (exact) mass is 266 g/mol. The van der Waals surface area contributed by atoms with Crippen molar-refractivity contribution >= 4 is 5.91 Å². The van der Waals surface area contributed by atoms with Crippen LogP contribution in [0.4, 0.5) is 4.39 Å². The number of nitrogens with two attached hydrogens (primary N) is 1. The molecule has 3 N–H and O–H groups in total. The summed E-state index contributed by atoms with van der Waals surface area (Å²) in [6.45, 7) is 6.36. The standard InChI is InChI=1S/C15H23FN2O/c1-4-11(5-2)14(17)9-18-15(19)13-7-6-12(16)8-10(13)3/h6-8,11,14H,4-5,9,17H2,1-3H3,(H,18,19). The highest BCUT2D eigenvalue weighted by molar-refractivity contribution is 5.95. The maximum Gasteiger partial charge on any atom is 0.251 e. The van der Waals surface area contributed by atoms with Crippen LogP contribution in [0, 0.1) is 18.7 Å². The number of benzene rings is 1. The molecule has 0 saturated carbocycles. The van der Waals surface area contributed by atoms with E-state index in [0.717, 1.165) is 12.8 Å². The van der Waals surface area contributed by atoms with Gasteiger partial charge in [0.1, 0.15) is 5.82 Å². The van der Waals surface area contributed by atoms with Crippen LogP contribution in [0.1, 0.15) is 42.6 Å². The van der Waals surface area contributed by atoms with Gasteiger partial charge in [-0.1, -0.05) is 26.7 Å². The zero-order valence-electron chi connectivity index (χ0n) is 11.9. The number of halogens is 1. The third-order valence-electron chi connectivity index (χ3n) is 3.59. The number of hydrogen-bond acceptors (Lipinski definition) is 2. The second-order valence-corrected chi connectivity index (χ2v) is 4.91. The van der Waals surface area contributed by atoms with Crippen LogP contribution in [-0.2, 0) is 0 Å².